The van der Waals surface area contributed by atoms with Gasteiger partial charge < -0.3 is 9.47 Å². The SMILES string of the molecule is C=C(C(=O)OCC)c1cccc(OC)c1F. The van der Waals surface area contributed by atoms with Crippen LogP contribution < -0.4 is 4.74 Å². The van der Waals surface area contributed by atoms with Crippen LogP contribution in [0.15, 0.2) is 24.8 Å². The van der Waals surface area contributed by atoms with Crippen molar-refractivity contribution in [2.75, 3.05) is 13.7 Å². The molecule has 4 heteroatoms. The molecule has 0 fully saturated rings. The monoisotopic (exact) mass is 224 g/mol. The van der Waals surface area contributed by atoms with Crippen LogP contribution in [0, 0.1) is 5.82 Å². The molecule has 0 aliphatic carbocycles. The lowest BCUT2D eigenvalue weighted by Gasteiger charge is -2.08. The molecule has 1 rings (SSSR count). The largest absolute Gasteiger partial charge is 0.494 e. The van der Waals surface area contributed by atoms with Gasteiger partial charge in [-0.15, -0.1) is 0 Å². The Morgan fingerprint density at radius 3 is 2.75 bits per heavy atom. The maximum absolute atomic E-state index is 13.7. The minimum Gasteiger partial charge on any atom is -0.494 e. The highest BCUT2D eigenvalue weighted by molar-refractivity contribution is 6.15. The molecule has 0 atom stereocenters. The van der Waals surface area contributed by atoms with E-state index in [0.29, 0.717) is 0 Å². The van der Waals surface area contributed by atoms with Crippen molar-refractivity contribution in [1.82, 2.24) is 0 Å². The molecule has 16 heavy (non-hydrogen) atoms. The summed E-state index contributed by atoms with van der Waals surface area (Å²) in [6.45, 7) is 5.41. The van der Waals surface area contributed by atoms with Gasteiger partial charge in [0.2, 0.25) is 0 Å². The Labute approximate surface area is 93.5 Å². The molecular formula is C12H13FO3. The van der Waals surface area contributed by atoms with E-state index in [2.05, 4.69) is 6.58 Å². The molecular weight excluding hydrogens is 211 g/mol. The molecule has 0 radical (unpaired) electrons. The fourth-order valence-electron chi connectivity index (χ4n) is 1.23. The molecule has 0 aliphatic heterocycles. The standard InChI is InChI=1S/C12H13FO3/c1-4-16-12(14)8(2)9-6-5-7-10(15-3)11(9)13/h5-7H,2,4H2,1,3H3. The maximum atomic E-state index is 13.7. The summed E-state index contributed by atoms with van der Waals surface area (Å²) in [6, 6.07) is 4.51. The van der Waals surface area contributed by atoms with Gasteiger partial charge in [-0.3, -0.25) is 0 Å². The van der Waals surface area contributed by atoms with Gasteiger partial charge in [-0.1, -0.05) is 18.7 Å². The summed E-state index contributed by atoms with van der Waals surface area (Å²) in [6.07, 6.45) is 0. The van der Waals surface area contributed by atoms with E-state index in [4.69, 9.17) is 9.47 Å². The van der Waals surface area contributed by atoms with Crippen LogP contribution in [0.4, 0.5) is 4.39 Å². The third-order valence-electron chi connectivity index (χ3n) is 2.03. The van der Waals surface area contributed by atoms with Crippen molar-refractivity contribution in [3.05, 3.63) is 36.2 Å². The highest BCUT2D eigenvalue weighted by atomic mass is 19.1. The predicted molar refractivity (Wildman–Crippen MR) is 58.6 cm³/mol. The highest BCUT2D eigenvalue weighted by Crippen LogP contribution is 2.25. The third kappa shape index (κ3) is 2.39. The highest BCUT2D eigenvalue weighted by Gasteiger charge is 2.17. The van der Waals surface area contributed by atoms with Crippen LogP contribution in [0.3, 0.4) is 0 Å². The van der Waals surface area contributed by atoms with Gasteiger partial charge in [-0.2, -0.15) is 0 Å². The molecule has 0 amide bonds. The molecule has 0 aliphatic rings. The first kappa shape index (κ1) is 12.2. The van der Waals surface area contributed by atoms with Gasteiger partial charge in [0, 0.05) is 5.56 Å². The molecule has 86 valence electrons. The van der Waals surface area contributed by atoms with Gasteiger partial charge in [0.05, 0.1) is 19.3 Å². The van der Waals surface area contributed by atoms with Gasteiger partial charge in [0.1, 0.15) is 0 Å². The minimum absolute atomic E-state index is 0.0155. The number of hydrogen-bond acceptors (Lipinski definition) is 3. The zero-order valence-corrected chi connectivity index (χ0v) is 9.25. The first-order chi connectivity index (χ1) is 7.61. The number of carbonyl (C=O) groups excluding carboxylic acids is 1. The molecule has 0 heterocycles. The van der Waals surface area contributed by atoms with E-state index in [9.17, 15) is 9.18 Å². The molecule has 0 saturated heterocycles. The van der Waals surface area contributed by atoms with Crippen molar-refractivity contribution in [3.63, 3.8) is 0 Å². The van der Waals surface area contributed by atoms with Crippen molar-refractivity contribution in [2.45, 2.75) is 6.92 Å². The molecule has 0 aromatic heterocycles. The van der Waals surface area contributed by atoms with Gasteiger partial charge in [-0.25, -0.2) is 9.18 Å². The molecule has 3 nitrogen and oxygen atoms in total. The van der Waals surface area contributed by atoms with Crippen molar-refractivity contribution < 1.29 is 18.7 Å². The second-order valence-electron chi connectivity index (χ2n) is 3.02. The first-order valence-electron chi connectivity index (χ1n) is 4.80. The Balaban J connectivity index is 3.04. The molecule has 0 N–H and O–H groups in total. The van der Waals surface area contributed by atoms with Crippen molar-refractivity contribution in [3.8, 4) is 5.75 Å². The van der Waals surface area contributed by atoms with Crippen LogP contribution in [0.5, 0.6) is 5.75 Å². The quantitative estimate of drug-likeness (QED) is 0.582. The Kier molecular flexibility index (Phi) is 4.05. The average molecular weight is 224 g/mol. The van der Waals surface area contributed by atoms with E-state index in [0.717, 1.165) is 0 Å². The number of benzene rings is 1. The number of ether oxygens (including phenoxy) is 2. The number of halogens is 1. The zero-order valence-electron chi connectivity index (χ0n) is 9.25. The molecule has 1 aromatic carbocycles. The zero-order chi connectivity index (χ0) is 12.1. The van der Waals surface area contributed by atoms with Crippen LogP contribution in [-0.2, 0) is 9.53 Å². The molecule has 1 aromatic rings. The topological polar surface area (TPSA) is 35.5 Å². The van der Waals surface area contributed by atoms with Gasteiger partial charge in [0.25, 0.3) is 0 Å². The summed E-state index contributed by atoms with van der Waals surface area (Å²) in [5.74, 6) is -1.17. The second-order valence-corrected chi connectivity index (χ2v) is 3.02. The Morgan fingerprint density at radius 1 is 1.50 bits per heavy atom. The summed E-state index contributed by atoms with van der Waals surface area (Å²) >= 11 is 0. The number of carbonyl (C=O) groups is 1. The van der Waals surface area contributed by atoms with E-state index in [-0.39, 0.29) is 23.5 Å². The lowest BCUT2D eigenvalue weighted by Crippen LogP contribution is -2.07. The van der Waals surface area contributed by atoms with Gasteiger partial charge in [-0.05, 0) is 13.0 Å². The Bertz CT molecular complexity index is 413. The summed E-state index contributed by atoms with van der Waals surface area (Å²) < 4.78 is 23.3. The normalized spacial score (nSPS) is 9.69. The summed E-state index contributed by atoms with van der Waals surface area (Å²) in [7, 11) is 1.36. The fraction of sp³-hybridized carbons (Fsp3) is 0.250. The number of esters is 1. The van der Waals surface area contributed by atoms with E-state index < -0.39 is 11.8 Å². The third-order valence-corrected chi connectivity index (χ3v) is 2.03. The predicted octanol–water partition coefficient (Wildman–Crippen LogP) is 2.41. The van der Waals surface area contributed by atoms with Crippen molar-refractivity contribution in [2.24, 2.45) is 0 Å². The van der Waals surface area contributed by atoms with Gasteiger partial charge in [0.15, 0.2) is 11.6 Å². The van der Waals surface area contributed by atoms with E-state index in [1.807, 2.05) is 0 Å². The van der Waals surface area contributed by atoms with Gasteiger partial charge >= 0.3 is 5.97 Å². The summed E-state index contributed by atoms with van der Waals surface area (Å²) in [5.41, 5.74) is 0.0797. The van der Waals surface area contributed by atoms with E-state index in [1.165, 1.54) is 19.2 Å². The lowest BCUT2D eigenvalue weighted by molar-refractivity contribution is -0.136. The number of methoxy groups -OCH3 is 1. The smallest absolute Gasteiger partial charge is 0.338 e. The van der Waals surface area contributed by atoms with Crippen LogP contribution in [0.25, 0.3) is 5.57 Å². The van der Waals surface area contributed by atoms with E-state index >= 15 is 0 Å². The fourth-order valence-corrected chi connectivity index (χ4v) is 1.23. The number of rotatable bonds is 4. The van der Waals surface area contributed by atoms with Crippen molar-refractivity contribution >= 4 is 11.5 Å². The Hall–Kier alpha value is -1.84. The molecule has 0 saturated carbocycles. The van der Waals surface area contributed by atoms with Crippen LogP contribution in [0.1, 0.15) is 12.5 Å². The minimum atomic E-state index is -0.630. The summed E-state index contributed by atoms with van der Waals surface area (Å²) in [4.78, 5) is 11.4. The van der Waals surface area contributed by atoms with Crippen LogP contribution in [0.2, 0.25) is 0 Å². The first-order valence-corrected chi connectivity index (χ1v) is 4.80. The lowest BCUT2D eigenvalue weighted by atomic mass is 10.1. The molecule has 0 bridgehead atoms. The number of hydrogen-bond donors (Lipinski definition) is 0. The van der Waals surface area contributed by atoms with Crippen molar-refractivity contribution in [1.29, 1.82) is 0 Å². The maximum Gasteiger partial charge on any atom is 0.338 e. The molecule has 0 spiro atoms. The summed E-state index contributed by atoms with van der Waals surface area (Å²) in [5, 5.41) is 0. The second kappa shape index (κ2) is 5.30. The Morgan fingerprint density at radius 2 is 2.19 bits per heavy atom. The van der Waals surface area contributed by atoms with Crippen LogP contribution >= 0.6 is 0 Å². The molecule has 0 unspecified atom stereocenters. The van der Waals surface area contributed by atoms with Crippen LogP contribution in [-0.4, -0.2) is 19.7 Å². The average Bonchev–Trinajstić information content (AvgIpc) is 2.29. The van der Waals surface area contributed by atoms with E-state index in [1.54, 1.807) is 13.0 Å².